The summed E-state index contributed by atoms with van der Waals surface area (Å²) in [6, 6.07) is 0.675. The third-order valence-corrected chi connectivity index (χ3v) is 2.37. The quantitative estimate of drug-likeness (QED) is 0.669. The molecule has 0 amide bonds. The fourth-order valence-corrected chi connectivity index (χ4v) is 1.76. The highest BCUT2D eigenvalue weighted by Crippen LogP contribution is 2.26. The average molecular weight is 171 g/mol. The first-order chi connectivity index (χ1) is 5.58. The van der Waals surface area contributed by atoms with Crippen LogP contribution in [0.2, 0.25) is 0 Å². The zero-order chi connectivity index (χ0) is 9.14. The normalized spacial score (nSPS) is 30.8. The van der Waals surface area contributed by atoms with Crippen molar-refractivity contribution in [2.24, 2.45) is 5.92 Å². The zero-order valence-corrected chi connectivity index (χ0v) is 7.71. The van der Waals surface area contributed by atoms with Gasteiger partial charge in [-0.15, -0.1) is 0 Å². The van der Waals surface area contributed by atoms with E-state index in [1.165, 1.54) is 12.8 Å². The van der Waals surface area contributed by atoms with Crippen molar-refractivity contribution in [2.75, 3.05) is 0 Å². The van der Waals surface area contributed by atoms with Gasteiger partial charge in [0.1, 0.15) is 0 Å². The van der Waals surface area contributed by atoms with E-state index >= 15 is 0 Å². The van der Waals surface area contributed by atoms with Crippen molar-refractivity contribution >= 4 is 5.97 Å². The number of rotatable bonds is 4. The molecule has 0 bridgehead atoms. The molecule has 70 valence electrons. The summed E-state index contributed by atoms with van der Waals surface area (Å²) in [6.07, 6.45) is 2.62. The van der Waals surface area contributed by atoms with Crippen molar-refractivity contribution in [2.45, 2.75) is 45.2 Å². The Bertz CT molecular complexity index is 164. The van der Waals surface area contributed by atoms with Gasteiger partial charge in [0, 0.05) is 12.1 Å². The monoisotopic (exact) mass is 171 g/mol. The lowest BCUT2D eigenvalue weighted by Gasteiger charge is -2.35. The van der Waals surface area contributed by atoms with Crippen LogP contribution in [0.3, 0.4) is 0 Å². The number of carboxylic acids is 1. The Hall–Kier alpha value is -0.570. The third-order valence-electron chi connectivity index (χ3n) is 2.37. The molecule has 0 aliphatic heterocycles. The summed E-state index contributed by atoms with van der Waals surface area (Å²) in [5.74, 6) is 0.0990. The molecule has 0 aromatic heterocycles. The number of nitrogens with one attached hydrogen (secondary N) is 1. The highest BCUT2D eigenvalue weighted by atomic mass is 16.4. The van der Waals surface area contributed by atoms with Crippen LogP contribution in [0.5, 0.6) is 0 Å². The second-order valence-corrected chi connectivity index (χ2v) is 3.94. The molecule has 0 radical (unpaired) electrons. The molecule has 3 nitrogen and oxygen atoms in total. The van der Waals surface area contributed by atoms with Crippen LogP contribution in [0.4, 0.5) is 0 Å². The first-order valence-corrected chi connectivity index (χ1v) is 4.55. The van der Waals surface area contributed by atoms with Gasteiger partial charge in [-0.05, 0) is 25.7 Å². The maximum absolute atomic E-state index is 10.3. The number of hydrogen-bond donors (Lipinski definition) is 2. The lowest BCUT2D eigenvalue weighted by atomic mass is 9.81. The largest absolute Gasteiger partial charge is 0.481 e. The van der Waals surface area contributed by atoms with E-state index in [0.717, 1.165) is 5.92 Å². The lowest BCUT2D eigenvalue weighted by molar-refractivity contribution is -0.137. The van der Waals surface area contributed by atoms with Crippen LogP contribution in [0.25, 0.3) is 0 Å². The fraction of sp³-hybridized carbons (Fsp3) is 0.889. The molecule has 3 heteroatoms. The molecular weight excluding hydrogens is 154 g/mol. The molecule has 0 spiro atoms. The third kappa shape index (κ3) is 2.81. The molecule has 0 saturated heterocycles. The molecule has 1 saturated carbocycles. The van der Waals surface area contributed by atoms with Crippen molar-refractivity contribution in [3.63, 3.8) is 0 Å². The van der Waals surface area contributed by atoms with Gasteiger partial charge in [-0.2, -0.15) is 0 Å². The van der Waals surface area contributed by atoms with Gasteiger partial charge in [-0.1, -0.05) is 6.92 Å². The van der Waals surface area contributed by atoms with E-state index in [-0.39, 0.29) is 12.5 Å². The zero-order valence-electron chi connectivity index (χ0n) is 7.71. The number of hydrogen-bond acceptors (Lipinski definition) is 2. The smallest absolute Gasteiger partial charge is 0.304 e. The highest BCUT2D eigenvalue weighted by Gasteiger charge is 2.26. The summed E-state index contributed by atoms with van der Waals surface area (Å²) in [4.78, 5) is 10.3. The maximum atomic E-state index is 10.3. The molecule has 2 N–H and O–H groups in total. The van der Waals surface area contributed by atoms with Crippen LogP contribution in [-0.2, 0) is 4.79 Å². The molecular formula is C9H17NO2. The lowest BCUT2D eigenvalue weighted by Crippen LogP contribution is -2.45. The SMILES string of the molecule is CC1CC(NC(C)CC(=O)O)C1. The van der Waals surface area contributed by atoms with Crippen LogP contribution >= 0.6 is 0 Å². The molecule has 1 aliphatic carbocycles. The first-order valence-electron chi connectivity index (χ1n) is 4.55. The molecule has 1 unspecified atom stereocenters. The summed E-state index contributed by atoms with van der Waals surface area (Å²) in [7, 11) is 0. The Labute approximate surface area is 73.2 Å². The maximum Gasteiger partial charge on any atom is 0.304 e. The predicted octanol–water partition coefficient (Wildman–Crippen LogP) is 1.24. The van der Waals surface area contributed by atoms with Gasteiger partial charge in [0.25, 0.3) is 0 Å². The topological polar surface area (TPSA) is 49.3 Å². The van der Waals surface area contributed by atoms with Crippen molar-refractivity contribution < 1.29 is 9.90 Å². The molecule has 1 atom stereocenters. The second-order valence-electron chi connectivity index (χ2n) is 3.94. The van der Waals surface area contributed by atoms with Crippen molar-refractivity contribution in [1.29, 1.82) is 0 Å². The average Bonchev–Trinajstić information content (AvgIpc) is 1.82. The number of aliphatic carboxylic acids is 1. The van der Waals surface area contributed by atoms with Crippen molar-refractivity contribution in [1.82, 2.24) is 5.32 Å². The Kier molecular flexibility index (Phi) is 3.09. The molecule has 1 aliphatic rings. The van der Waals surface area contributed by atoms with E-state index in [9.17, 15) is 4.79 Å². The molecule has 0 heterocycles. The van der Waals surface area contributed by atoms with Crippen molar-refractivity contribution in [3.05, 3.63) is 0 Å². The van der Waals surface area contributed by atoms with Gasteiger partial charge in [0.05, 0.1) is 6.42 Å². The Morgan fingerprint density at radius 1 is 1.67 bits per heavy atom. The van der Waals surface area contributed by atoms with E-state index in [1.807, 2.05) is 6.92 Å². The summed E-state index contributed by atoms with van der Waals surface area (Å²) in [6.45, 7) is 4.15. The summed E-state index contributed by atoms with van der Waals surface area (Å²) in [5.41, 5.74) is 0. The first kappa shape index (κ1) is 9.52. The second kappa shape index (κ2) is 3.90. The van der Waals surface area contributed by atoms with Crippen LogP contribution in [-0.4, -0.2) is 23.2 Å². The van der Waals surface area contributed by atoms with Gasteiger partial charge in [0.2, 0.25) is 0 Å². The summed E-state index contributed by atoms with van der Waals surface area (Å²) in [5, 5.41) is 11.8. The Morgan fingerprint density at radius 3 is 2.67 bits per heavy atom. The van der Waals surface area contributed by atoms with E-state index in [2.05, 4.69) is 12.2 Å². The van der Waals surface area contributed by atoms with Crippen molar-refractivity contribution in [3.8, 4) is 0 Å². The fourth-order valence-electron chi connectivity index (χ4n) is 1.76. The minimum Gasteiger partial charge on any atom is -0.481 e. The molecule has 1 fully saturated rings. The minimum absolute atomic E-state index is 0.111. The predicted molar refractivity (Wildman–Crippen MR) is 47.0 cm³/mol. The molecule has 1 rings (SSSR count). The van der Waals surface area contributed by atoms with E-state index in [4.69, 9.17) is 5.11 Å². The van der Waals surface area contributed by atoms with Gasteiger partial charge >= 0.3 is 5.97 Å². The van der Waals surface area contributed by atoms with E-state index in [1.54, 1.807) is 0 Å². The highest BCUT2D eigenvalue weighted by molar-refractivity contribution is 5.67. The van der Waals surface area contributed by atoms with Crippen LogP contribution in [0, 0.1) is 5.92 Å². The number of carbonyl (C=O) groups is 1. The minimum atomic E-state index is -0.720. The van der Waals surface area contributed by atoms with Gasteiger partial charge in [-0.25, -0.2) is 0 Å². The van der Waals surface area contributed by atoms with Crippen LogP contribution < -0.4 is 5.32 Å². The summed E-state index contributed by atoms with van der Waals surface area (Å²) < 4.78 is 0. The Balaban J connectivity index is 2.10. The summed E-state index contributed by atoms with van der Waals surface area (Å²) >= 11 is 0. The molecule has 0 aromatic rings. The van der Waals surface area contributed by atoms with Gasteiger partial charge in [0.15, 0.2) is 0 Å². The Morgan fingerprint density at radius 2 is 2.25 bits per heavy atom. The van der Waals surface area contributed by atoms with Crippen LogP contribution in [0.1, 0.15) is 33.1 Å². The standard InChI is InChI=1S/C9H17NO2/c1-6-3-8(4-6)10-7(2)5-9(11)12/h6-8,10H,3-5H2,1-2H3,(H,11,12). The van der Waals surface area contributed by atoms with Crippen LogP contribution in [0.15, 0.2) is 0 Å². The van der Waals surface area contributed by atoms with E-state index in [0.29, 0.717) is 6.04 Å². The molecule has 12 heavy (non-hydrogen) atoms. The van der Waals surface area contributed by atoms with Gasteiger partial charge < -0.3 is 10.4 Å². The van der Waals surface area contributed by atoms with E-state index < -0.39 is 5.97 Å². The number of carboxylic acid groups (broad SMARTS) is 1. The molecule has 0 aromatic carbocycles. The van der Waals surface area contributed by atoms with Gasteiger partial charge in [-0.3, -0.25) is 4.79 Å².